The van der Waals surface area contributed by atoms with Crippen molar-refractivity contribution in [2.75, 3.05) is 13.1 Å². The Morgan fingerprint density at radius 1 is 1.33 bits per heavy atom. The summed E-state index contributed by atoms with van der Waals surface area (Å²) in [6.07, 6.45) is 6.34. The molecule has 3 atom stereocenters. The molecule has 1 rings (SSSR count). The van der Waals surface area contributed by atoms with Crippen LogP contribution in [0.5, 0.6) is 0 Å². The molecule has 3 unspecified atom stereocenters. The Hall–Kier alpha value is -1.10. The van der Waals surface area contributed by atoms with E-state index in [1.54, 1.807) is 6.92 Å². The molecular formula is C16H30N2O3. The van der Waals surface area contributed by atoms with Crippen molar-refractivity contribution in [1.29, 1.82) is 0 Å². The van der Waals surface area contributed by atoms with Crippen LogP contribution in [0.3, 0.4) is 0 Å². The molecule has 1 aliphatic heterocycles. The van der Waals surface area contributed by atoms with Crippen molar-refractivity contribution >= 4 is 11.9 Å². The van der Waals surface area contributed by atoms with Crippen molar-refractivity contribution in [2.45, 2.75) is 64.8 Å². The Balaban J connectivity index is 2.08. The van der Waals surface area contributed by atoms with Crippen LogP contribution >= 0.6 is 0 Å². The predicted octanol–water partition coefficient (Wildman–Crippen LogP) is 2.16. The molecular weight excluding hydrogens is 268 g/mol. The molecule has 5 heteroatoms. The van der Waals surface area contributed by atoms with Crippen LogP contribution in [-0.4, -0.2) is 36.1 Å². The van der Waals surface area contributed by atoms with E-state index in [0.29, 0.717) is 18.8 Å². The highest BCUT2D eigenvalue weighted by atomic mass is 16.4. The summed E-state index contributed by atoms with van der Waals surface area (Å²) in [6.45, 7) is 5.86. The predicted molar refractivity (Wildman–Crippen MR) is 83.1 cm³/mol. The number of piperidine rings is 1. The van der Waals surface area contributed by atoms with Gasteiger partial charge in [-0.2, -0.15) is 0 Å². The van der Waals surface area contributed by atoms with Crippen molar-refractivity contribution in [2.24, 2.45) is 11.8 Å². The zero-order valence-electron chi connectivity index (χ0n) is 13.4. The molecule has 3 N–H and O–H groups in total. The van der Waals surface area contributed by atoms with Crippen molar-refractivity contribution in [3.63, 3.8) is 0 Å². The Morgan fingerprint density at radius 3 is 2.71 bits per heavy atom. The van der Waals surface area contributed by atoms with E-state index in [1.165, 1.54) is 12.8 Å². The Kier molecular flexibility index (Phi) is 8.35. The van der Waals surface area contributed by atoms with Gasteiger partial charge in [0.2, 0.25) is 5.91 Å². The maximum atomic E-state index is 11.9. The van der Waals surface area contributed by atoms with Gasteiger partial charge in [0.25, 0.3) is 0 Å². The van der Waals surface area contributed by atoms with Crippen LogP contribution in [0.4, 0.5) is 0 Å². The van der Waals surface area contributed by atoms with Crippen LogP contribution < -0.4 is 10.6 Å². The molecule has 0 saturated carbocycles. The lowest BCUT2D eigenvalue weighted by atomic mass is 9.94. The van der Waals surface area contributed by atoms with Crippen LogP contribution in [-0.2, 0) is 9.59 Å². The molecule has 122 valence electrons. The van der Waals surface area contributed by atoms with Crippen LogP contribution in [0.1, 0.15) is 58.8 Å². The molecule has 1 saturated heterocycles. The number of hydrogen-bond donors (Lipinski definition) is 3. The van der Waals surface area contributed by atoms with Gasteiger partial charge in [-0.3, -0.25) is 9.59 Å². The van der Waals surface area contributed by atoms with Crippen molar-refractivity contribution in [3.05, 3.63) is 0 Å². The highest BCUT2D eigenvalue weighted by Crippen LogP contribution is 2.16. The number of carboxylic acids is 1. The van der Waals surface area contributed by atoms with Gasteiger partial charge in [0.05, 0.1) is 5.92 Å². The lowest BCUT2D eigenvalue weighted by Gasteiger charge is -2.22. The van der Waals surface area contributed by atoms with E-state index in [9.17, 15) is 9.59 Å². The van der Waals surface area contributed by atoms with Gasteiger partial charge in [-0.25, -0.2) is 0 Å². The first kappa shape index (κ1) is 18.0. The number of nitrogens with one attached hydrogen (secondary N) is 2. The normalized spacial score (nSPS) is 21.5. The first-order valence-corrected chi connectivity index (χ1v) is 8.22. The molecule has 1 aliphatic rings. The molecule has 0 aromatic heterocycles. The second-order valence-corrected chi connectivity index (χ2v) is 6.39. The van der Waals surface area contributed by atoms with Gasteiger partial charge in [-0.05, 0) is 58.0 Å². The number of carbonyl (C=O) groups excluding carboxylic acids is 1. The standard InChI is InChI=1S/C16H30N2O3/c1-12(16(20)21)5-3-6-13(2)18-15(19)9-8-14-7-4-10-17-11-14/h12-14,17H,3-11H2,1-2H3,(H,18,19)(H,20,21). The largest absolute Gasteiger partial charge is 0.481 e. The maximum absolute atomic E-state index is 11.9. The summed E-state index contributed by atoms with van der Waals surface area (Å²) >= 11 is 0. The molecule has 21 heavy (non-hydrogen) atoms. The van der Waals surface area contributed by atoms with E-state index in [4.69, 9.17) is 5.11 Å². The summed E-state index contributed by atoms with van der Waals surface area (Å²) < 4.78 is 0. The van der Waals surface area contributed by atoms with E-state index in [0.717, 1.165) is 32.4 Å². The minimum atomic E-state index is -0.743. The summed E-state index contributed by atoms with van der Waals surface area (Å²) in [5.74, 6) is -0.282. The van der Waals surface area contributed by atoms with Gasteiger partial charge in [0.15, 0.2) is 0 Å². The minimum Gasteiger partial charge on any atom is -0.481 e. The van der Waals surface area contributed by atoms with Crippen molar-refractivity contribution < 1.29 is 14.7 Å². The lowest BCUT2D eigenvalue weighted by molar-refractivity contribution is -0.141. The molecule has 5 nitrogen and oxygen atoms in total. The average molecular weight is 298 g/mol. The van der Waals surface area contributed by atoms with E-state index in [-0.39, 0.29) is 17.9 Å². The summed E-state index contributed by atoms with van der Waals surface area (Å²) in [7, 11) is 0. The number of hydrogen-bond acceptors (Lipinski definition) is 3. The molecule has 0 aromatic carbocycles. The number of aliphatic carboxylic acids is 1. The highest BCUT2D eigenvalue weighted by molar-refractivity contribution is 5.76. The third kappa shape index (κ3) is 8.05. The molecule has 1 amide bonds. The lowest BCUT2D eigenvalue weighted by Crippen LogP contribution is -2.34. The zero-order chi connectivity index (χ0) is 15.7. The van der Waals surface area contributed by atoms with Gasteiger partial charge < -0.3 is 15.7 Å². The SMILES string of the molecule is CC(CCCC(C)C(=O)O)NC(=O)CCC1CCCNC1. The fraction of sp³-hybridized carbons (Fsp3) is 0.875. The first-order chi connectivity index (χ1) is 9.99. The van der Waals surface area contributed by atoms with Gasteiger partial charge >= 0.3 is 5.97 Å². The second kappa shape index (κ2) is 9.77. The number of carboxylic acid groups (broad SMARTS) is 1. The number of carbonyl (C=O) groups is 2. The fourth-order valence-corrected chi connectivity index (χ4v) is 2.78. The van der Waals surface area contributed by atoms with E-state index < -0.39 is 5.97 Å². The quantitative estimate of drug-likeness (QED) is 0.609. The summed E-state index contributed by atoms with van der Waals surface area (Å²) in [5, 5.41) is 15.2. The molecule has 0 aromatic rings. The molecule has 0 spiro atoms. The summed E-state index contributed by atoms with van der Waals surface area (Å²) in [4.78, 5) is 22.6. The topological polar surface area (TPSA) is 78.4 Å². The molecule has 0 aliphatic carbocycles. The van der Waals surface area contributed by atoms with Crippen LogP contribution in [0, 0.1) is 11.8 Å². The third-order valence-electron chi connectivity index (χ3n) is 4.28. The van der Waals surface area contributed by atoms with E-state index >= 15 is 0 Å². The maximum Gasteiger partial charge on any atom is 0.306 e. The number of amides is 1. The zero-order valence-corrected chi connectivity index (χ0v) is 13.4. The minimum absolute atomic E-state index is 0.124. The third-order valence-corrected chi connectivity index (χ3v) is 4.28. The molecule has 0 radical (unpaired) electrons. The smallest absolute Gasteiger partial charge is 0.306 e. The summed E-state index contributed by atoms with van der Waals surface area (Å²) in [6, 6.07) is 0.128. The van der Waals surface area contributed by atoms with Crippen LogP contribution in [0.15, 0.2) is 0 Å². The van der Waals surface area contributed by atoms with Crippen molar-refractivity contribution in [1.82, 2.24) is 10.6 Å². The highest BCUT2D eigenvalue weighted by Gasteiger charge is 2.16. The average Bonchev–Trinajstić information content (AvgIpc) is 2.46. The van der Waals surface area contributed by atoms with Gasteiger partial charge in [0, 0.05) is 12.5 Å². The first-order valence-electron chi connectivity index (χ1n) is 8.22. The molecule has 0 bridgehead atoms. The molecule has 1 fully saturated rings. The van der Waals surface area contributed by atoms with E-state index in [1.807, 2.05) is 6.92 Å². The van der Waals surface area contributed by atoms with Crippen LogP contribution in [0.25, 0.3) is 0 Å². The Bertz CT molecular complexity index is 327. The monoisotopic (exact) mass is 298 g/mol. The number of rotatable bonds is 9. The molecule has 1 heterocycles. The Morgan fingerprint density at radius 2 is 2.10 bits per heavy atom. The van der Waals surface area contributed by atoms with Gasteiger partial charge in [0.1, 0.15) is 0 Å². The fourth-order valence-electron chi connectivity index (χ4n) is 2.78. The second-order valence-electron chi connectivity index (χ2n) is 6.39. The Labute approximate surface area is 127 Å². The van der Waals surface area contributed by atoms with Gasteiger partial charge in [-0.15, -0.1) is 0 Å². The summed E-state index contributed by atoms with van der Waals surface area (Å²) in [5.41, 5.74) is 0. The van der Waals surface area contributed by atoms with Crippen molar-refractivity contribution in [3.8, 4) is 0 Å². The van der Waals surface area contributed by atoms with Gasteiger partial charge in [-0.1, -0.05) is 13.3 Å². The van der Waals surface area contributed by atoms with E-state index in [2.05, 4.69) is 10.6 Å². The van der Waals surface area contributed by atoms with Crippen LogP contribution in [0.2, 0.25) is 0 Å².